The molecule has 9 heteroatoms. The number of fused-ring (bicyclic) bond motifs is 1. The van der Waals surface area contributed by atoms with Gasteiger partial charge in [0.25, 0.3) is 5.91 Å². The highest BCUT2D eigenvalue weighted by Crippen LogP contribution is 2.44. The number of hydrogen-bond acceptors (Lipinski definition) is 4. The van der Waals surface area contributed by atoms with Crippen molar-refractivity contribution in [3.63, 3.8) is 0 Å². The number of hydrogen-bond donors (Lipinski definition) is 2. The third-order valence-electron chi connectivity index (χ3n) is 7.10. The molecule has 190 valence electrons. The highest BCUT2D eigenvalue weighted by molar-refractivity contribution is 7.81. The van der Waals surface area contributed by atoms with Gasteiger partial charge in [-0.15, -0.1) is 0 Å². The number of benzene rings is 1. The smallest absolute Gasteiger partial charge is 0.264 e. The van der Waals surface area contributed by atoms with Crippen molar-refractivity contribution < 1.29 is 18.2 Å². The van der Waals surface area contributed by atoms with Crippen LogP contribution in [-0.4, -0.2) is 45.0 Å². The first-order valence-electron chi connectivity index (χ1n) is 12.6. The van der Waals surface area contributed by atoms with Gasteiger partial charge < -0.3 is 14.3 Å². The third kappa shape index (κ3) is 5.03. The van der Waals surface area contributed by atoms with Gasteiger partial charge >= 0.3 is 0 Å². The van der Waals surface area contributed by atoms with E-state index in [2.05, 4.69) is 10.0 Å². The maximum Gasteiger partial charge on any atom is 0.264 e. The standard InChI is InChI=1S/C27H32N4O4S/c1-30-14-7-3-6-13-28-24(32)17-31-23-16-20(27(33)29-36(30)34)10-11-22(23)25(19-8-4-2-5-9-19)26(31)21-12-15-35-18-21/h3,7,10-12,15-16,18-19H,2,4-6,8-9,13-14,17H2,1H3,(H,28,32)(H,29,33)/b7-3-. The molecule has 0 radical (unpaired) electrons. The van der Waals surface area contributed by atoms with Crippen LogP contribution in [0.5, 0.6) is 0 Å². The van der Waals surface area contributed by atoms with E-state index >= 15 is 0 Å². The van der Waals surface area contributed by atoms with Crippen molar-refractivity contribution in [3.05, 3.63) is 60.1 Å². The molecule has 3 aromatic rings. The Balaban J connectivity index is 1.68. The summed E-state index contributed by atoms with van der Waals surface area (Å²) < 4.78 is 24.3. The fraction of sp³-hybridized carbons (Fsp3) is 0.407. The lowest BCUT2D eigenvalue weighted by Gasteiger charge is -2.23. The Morgan fingerprint density at radius 3 is 2.67 bits per heavy atom. The van der Waals surface area contributed by atoms with Gasteiger partial charge in [0.15, 0.2) is 11.2 Å². The van der Waals surface area contributed by atoms with Crippen LogP contribution in [0.25, 0.3) is 22.2 Å². The van der Waals surface area contributed by atoms with Crippen molar-refractivity contribution in [2.75, 3.05) is 20.1 Å². The van der Waals surface area contributed by atoms with Crippen molar-refractivity contribution >= 4 is 33.9 Å². The summed E-state index contributed by atoms with van der Waals surface area (Å²) in [5, 5.41) is 4.06. The molecule has 1 saturated carbocycles. The maximum absolute atomic E-state index is 13.1. The van der Waals surface area contributed by atoms with Crippen LogP contribution in [-0.2, 0) is 22.5 Å². The molecule has 1 aromatic carbocycles. The molecule has 0 saturated heterocycles. The van der Waals surface area contributed by atoms with Crippen molar-refractivity contribution in [3.8, 4) is 11.3 Å². The Kier molecular flexibility index (Phi) is 7.38. The van der Waals surface area contributed by atoms with Gasteiger partial charge in [-0.2, -0.15) is 0 Å². The van der Waals surface area contributed by atoms with E-state index in [4.69, 9.17) is 4.42 Å². The highest BCUT2D eigenvalue weighted by atomic mass is 32.2. The summed E-state index contributed by atoms with van der Waals surface area (Å²) in [7, 11) is 1.69. The van der Waals surface area contributed by atoms with Crippen LogP contribution in [0.1, 0.15) is 60.4 Å². The number of aromatic nitrogens is 1. The molecule has 1 fully saturated rings. The van der Waals surface area contributed by atoms with Gasteiger partial charge in [-0.1, -0.05) is 37.5 Å². The minimum Gasteiger partial charge on any atom is -0.472 e. The number of likely N-dealkylation sites (N-methyl/N-ethyl adjacent to an activating group) is 1. The Morgan fingerprint density at radius 2 is 1.89 bits per heavy atom. The quantitative estimate of drug-likeness (QED) is 0.506. The molecule has 0 spiro atoms. The molecule has 2 aromatic heterocycles. The van der Waals surface area contributed by atoms with Crippen molar-refractivity contribution in [1.29, 1.82) is 0 Å². The fourth-order valence-electron chi connectivity index (χ4n) is 5.32. The molecule has 1 atom stereocenters. The summed E-state index contributed by atoms with van der Waals surface area (Å²) in [6, 6.07) is 7.51. The molecular weight excluding hydrogens is 476 g/mol. The predicted octanol–water partition coefficient (Wildman–Crippen LogP) is 4.27. The highest BCUT2D eigenvalue weighted by Gasteiger charge is 2.28. The molecule has 1 unspecified atom stereocenters. The van der Waals surface area contributed by atoms with Crippen LogP contribution in [0.4, 0.5) is 0 Å². The topological polar surface area (TPSA) is 96.6 Å². The number of nitrogens with one attached hydrogen (secondary N) is 2. The van der Waals surface area contributed by atoms with Gasteiger partial charge in [-0.05, 0) is 48.9 Å². The molecule has 2 aliphatic rings. The molecule has 3 heterocycles. The molecule has 1 aliphatic heterocycles. The lowest BCUT2D eigenvalue weighted by molar-refractivity contribution is -0.121. The van der Waals surface area contributed by atoms with Gasteiger partial charge in [0.1, 0.15) is 6.54 Å². The summed E-state index contributed by atoms with van der Waals surface area (Å²) in [4.78, 5) is 26.1. The maximum atomic E-state index is 13.1. The third-order valence-corrected chi connectivity index (χ3v) is 8.18. The number of carbonyl (C=O) groups excluding carboxylic acids is 2. The largest absolute Gasteiger partial charge is 0.472 e. The molecule has 2 amide bonds. The predicted molar refractivity (Wildman–Crippen MR) is 140 cm³/mol. The van der Waals surface area contributed by atoms with Crippen LogP contribution in [0.2, 0.25) is 0 Å². The average molecular weight is 509 g/mol. The van der Waals surface area contributed by atoms with Gasteiger partial charge in [-0.25, -0.2) is 8.51 Å². The first kappa shape index (κ1) is 24.5. The molecule has 2 bridgehead atoms. The fourth-order valence-corrected chi connectivity index (χ4v) is 5.97. The second-order valence-corrected chi connectivity index (χ2v) is 10.9. The molecule has 1 aliphatic carbocycles. The van der Waals surface area contributed by atoms with Gasteiger partial charge in [0, 0.05) is 36.7 Å². The first-order valence-corrected chi connectivity index (χ1v) is 13.7. The Bertz CT molecular complexity index is 1310. The van der Waals surface area contributed by atoms with Crippen LogP contribution >= 0.6 is 0 Å². The summed E-state index contributed by atoms with van der Waals surface area (Å²) in [6.45, 7) is 1.06. The second-order valence-electron chi connectivity index (χ2n) is 9.53. The molecule has 8 nitrogen and oxygen atoms in total. The lowest BCUT2D eigenvalue weighted by atomic mass is 9.82. The zero-order valence-electron chi connectivity index (χ0n) is 20.5. The Morgan fingerprint density at radius 1 is 1.06 bits per heavy atom. The normalized spacial score (nSPS) is 22.0. The Hall–Kier alpha value is -3.17. The summed E-state index contributed by atoms with van der Waals surface area (Å²) in [6.07, 6.45) is 13.6. The zero-order chi connectivity index (χ0) is 25.1. The number of amides is 2. The van der Waals surface area contributed by atoms with Gasteiger partial charge in [0.05, 0.1) is 23.7 Å². The number of nitrogens with zero attached hydrogens (tertiary/aromatic N) is 2. The van der Waals surface area contributed by atoms with Gasteiger partial charge in [-0.3, -0.25) is 14.3 Å². The van der Waals surface area contributed by atoms with Crippen molar-refractivity contribution in [2.45, 2.75) is 51.0 Å². The van der Waals surface area contributed by atoms with E-state index in [0.717, 1.165) is 35.0 Å². The van der Waals surface area contributed by atoms with E-state index < -0.39 is 17.1 Å². The lowest BCUT2D eigenvalue weighted by Crippen LogP contribution is -2.36. The zero-order valence-corrected chi connectivity index (χ0v) is 21.3. The van der Waals surface area contributed by atoms with Crippen LogP contribution < -0.4 is 10.0 Å². The van der Waals surface area contributed by atoms with Crippen LogP contribution in [0.15, 0.2) is 53.4 Å². The molecule has 5 rings (SSSR count). The van der Waals surface area contributed by atoms with Crippen LogP contribution in [0, 0.1) is 0 Å². The molecule has 2 N–H and O–H groups in total. The molecular formula is C27H32N4O4S. The van der Waals surface area contributed by atoms with E-state index in [-0.39, 0.29) is 12.5 Å². The number of carbonyl (C=O) groups is 2. The van der Waals surface area contributed by atoms with E-state index in [9.17, 15) is 13.8 Å². The van der Waals surface area contributed by atoms with E-state index in [1.165, 1.54) is 24.8 Å². The Labute approximate surface area is 213 Å². The minimum absolute atomic E-state index is 0.0830. The summed E-state index contributed by atoms with van der Waals surface area (Å²) in [5.74, 6) is -0.129. The minimum atomic E-state index is -1.67. The summed E-state index contributed by atoms with van der Waals surface area (Å²) >= 11 is -1.67. The second kappa shape index (κ2) is 10.8. The monoisotopic (exact) mass is 508 g/mol. The van der Waals surface area contributed by atoms with E-state index in [1.807, 2.05) is 34.9 Å². The molecule has 36 heavy (non-hydrogen) atoms. The van der Waals surface area contributed by atoms with Gasteiger partial charge in [0.2, 0.25) is 5.91 Å². The van der Waals surface area contributed by atoms with Crippen molar-refractivity contribution in [2.24, 2.45) is 0 Å². The number of furan rings is 1. The SMILES string of the molecule is CN1C/C=C\CCNC(=O)Cn2c(-c3ccoc3)c(C3CCCCC3)c3ccc(cc32)C(=O)NS1=O. The van der Waals surface area contributed by atoms with Crippen molar-refractivity contribution in [1.82, 2.24) is 18.9 Å². The van der Waals surface area contributed by atoms with E-state index in [1.54, 1.807) is 29.9 Å². The first-order chi connectivity index (χ1) is 17.5. The number of rotatable bonds is 2. The average Bonchev–Trinajstić information content (AvgIpc) is 3.52. The van der Waals surface area contributed by atoms with Crippen LogP contribution in [0.3, 0.4) is 0 Å². The summed E-state index contributed by atoms with van der Waals surface area (Å²) in [5.41, 5.74) is 4.34. The van der Waals surface area contributed by atoms with E-state index in [0.29, 0.717) is 31.0 Å².